The highest BCUT2D eigenvalue weighted by Crippen LogP contribution is 2.35. The van der Waals surface area contributed by atoms with Crippen molar-refractivity contribution in [2.24, 2.45) is 0 Å². The van der Waals surface area contributed by atoms with Crippen molar-refractivity contribution in [1.82, 2.24) is 24.6 Å². The fourth-order valence-corrected chi connectivity index (χ4v) is 6.06. The van der Waals surface area contributed by atoms with Crippen LogP contribution < -0.4 is 4.90 Å². The molecule has 9 nitrogen and oxygen atoms in total. The Bertz CT molecular complexity index is 1260. The lowest BCUT2D eigenvalue weighted by Crippen LogP contribution is -2.45. The molecular weight excluding hydrogens is 475 g/mol. The van der Waals surface area contributed by atoms with E-state index in [1.165, 1.54) is 11.1 Å². The second-order valence-electron chi connectivity index (χ2n) is 10.5. The van der Waals surface area contributed by atoms with Gasteiger partial charge in [-0.3, -0.25) is 4.90 Å². The Labute approximate surface area is 216 Å². The number of piperidine rings is 1. The number of aliphatic hydroxyl groups is 1. The van der Waals surface area contributed by atoms with Crippen LogP contribution in [0.4, 0.5) is 10.2 Å². The Morgan fingerprint density at radius 3 is 2.62 bits per heavy atom. The summed E-state index contributed by atoms with van der Waals surface area (Å²) >= 11 is 0. The zero-order chi connectivity index (χ0) is 25.5. The molecule has 198 valence electrons. The maximum Gasteiger partial charge on any atom is 0.159 e. The molecule has 0 saturated carbocycles. The fraction of sp³-hybridized carbons (Fsp3) is 0.593. The number of aryl methyl sites for hydroxylation is 2. The smallest absolute Gasteiger partial charge is 0.159 e. The molecule has 0 bridgehead atoms. The van der Waals surface area contributed by atoms with E-state index < -0.39 is 6.17 Å². The molecule has 3 atom stereocenters. The van der Waals surface area contributed by atoms with Crippen LogP contribution in [0.25, 0.3) is 16.7 Å². The predicted molar refractivity (Wildman–Crippen MR) is 138 cm³/mol. The summed E-state index contributed by atoms with van der Waals surface area (Å²) in [4.78, 5) is 13.8. The number of halogens is 1. The summed E-state index contributed by atoms with van der Waals surface area (Å²) in [6.45, 7) is 8.40. The molecule has 5 heterocycles. The number of likely N-dealkylation sites (tertiary alicyclic amines) is 1. The minimum absolute atomic E-state index is 0.0128. The van der Waals surface area contributed by atoms with Gasteiger partial charge in [0.05, 0.1) is 50.3 Å². The number of rotatable bonds is 5. The van der Waals surface area contributed by atoms with Gasteiger partial charge in [-0.1, -0.05) is 0 Å². The van der Waals surface area contributed by atoms with Crippen molar-refractivity contribution in [2.75, 3.05) is 57.5 Å². The standard InChI is InChI=1S/C27H35FN6O3/c1-17-9-20-12-29-34(27-11-26(30-18(2)31-27)33-7-8-37-21(13-33)14-35)24(20)10-22(17)19-3-5-32(6-4-19)25-16-36-15-23(25)28/h9-12,19,21,23,25,35H,3-8,13-16H2,1-2H3/t21-,23?,25?/m0/s1. The number of nitrogens with zero attached hydrogens (tertiary/aromatic N) is 6. The van der Waals surface area contributed by atoms with E-state index in [1.54, 1.807) is 0 Å². The predicted octanol–water partition coefficient (Wildman–Crippen LogP) is 2.55. The van der Waals surface area contributed by atoms with Crippen molar-refractivity contribution in [3.8, 4) is 5.82 Å². The monoisotopic (exact) mass is 510 g/mol. The first-order valence-electron chi connectivity index (χ1n) is 13.3. The first-order valence-corrected chi connectivity index (χ1v) is 13.3. The van der Waals surface area contributed by atoms with E-state index in [2.05, 4.69) is 33.8 Å². The Morgan fingerprint density at radius 2 is 1.86 bits per heavy atom. The van der Waals surface area contributed by atoms with Crippen LogP contribution in [0.15, 0.2) is 24.4 Å². The number of anilines is 1. The molecule has 10 heteroatoms. The van der Waals surface area contributed by atoms with Crippen LogP contribution in [-0.2, 0) is 9.47 Å². The van der Waals surface area contributed by atoms with Crippen molar-refractivity contribution in [3.63, 3.8) is 0 Å². The minimum Gasteiger partial charge on any atom is -0.394 e. The van der Waals surface area contributed by atoms with Crippen LogP contribution in [-0.4, -0.2) is 101 Å². The first kappa shape index (κ1) is 24.7. The lowest BCUT2D eigenvalue weighted by Gasteiger charge is -2.36. The van der Waals surface area contributed by atoms with Gasteiger partial charge in [0.1, 0.15) is 17.8 Å². The van der Waals surface area contributed by atoms with Crippen LogP contribution in [0, 0.1) is 13.8 Å². The Kier molecular flexibility index (Phi) is 6.83. The number of ether oxygens (including phenoxy) is 2. The van der Waals surface area contributed by atoms with E-state index in [4.69, 9.17) is 19.6 Å². The highest BCUT2D eigenvalue weighted by molar-refractivity contribution is 5.82. The van der Waals surface area contributed by atoms with Crippen LogP contribution in [0.5, 0.6) is 0 Å². The summed E-state index contributed by atoms with van der Waals surface area (Å²) in [5.74, 6) is 2.64. The van der Waals surface area contributed by atoms with Gasteiger partial charge in [0, 0.05) is 24.5 Å². The maximum absolute atomic E-state index is 14.2. The Hall–Kier alpha value is -2.66. The number of aromatic nitrogens is 4. The average molecular weight is 511 g/mol. The van der Waals surface area contributed by atoms with E-state index in [1.807, 2.05) is 23.9 Å². The third kappa shape index (κ3) is 4.83. The van der Waals surface area contributed by atoms with Crippen molar-refractivity contribution in [3.05, 3.63) is 41.3 Å². The molecule has 6 rings (SSSR count). The van der Waals surface area contributed by atoms with E-state index in [-0.39, 0.29) is 25.4 Å². The number of hydrogen-bond acceptors (Lipinski definition) is 8. The Morgan fingerprint density at radius 1 is 1.05 bits per heavy atom. The average Bonchev–Trinajstić information content (AvgIpc) is 3.53. The molecule has 3 fully saturated rings. The van der Waals surface area contributed by atoms with Crippen LogP contribution in [0.2, 0.25) is 0 Å². The number of alkyl halides is 1. The number of aliphatic hydroxyl groups excluding tert-OH is 1. The third-order valence-corrected chi connectivity index (χ3v) is 8.07. The molecule has 37 heavy (non-hydrogen) atoms. The molecule has 2 aromatic heterocycles. The van der Waals surface area contributed by atoms with Gasteiger partial charge in [0.2, 0.25) is 0 Å². The lowest BCUT2D eigenvalue weighted by atomic mass is 9.85. The fourth-order valence-electron chi connectivity index (χ4n) is 6.06. The summed E-state index contributed by atoms with van der Waals surface area (Å²) < 4.78 is 27.1. The lowest BCUT2D eigenvalue weighted by molar-refractivity contribution is 0.00335. The molecule has 3 saturated heterocycles. The third-order valence-electron chi connectivity index (χ3n) is 8.07. The van der Waals surface area contributed by atoms with Gasteiger partial charge in [0.15, 0.2) is 5.82 Å². The molecule has 0 radical (unpaired) electrons. The second kappa shape index (κ2) is 10.2. The number of morpholine rings is 1. The molecule has 1 N–H and O–H groups in total. The molecule has 3 aromatic rings. The number of fused-ring (bicyclic) bond motifs is 1. The van der Waals surface area contributed by atoms with E-state index in [0.717, 1.165) is 48.5 Å². The van der Waals surface area contributed by atoms with E-state index in [0.29, 0.717) is 38.0 Å². The quantitative estimate of drug-likeness (QED) is 0.560. The number of benzene rings is 1. The number of hydrogen-bond donors (Lipinski definition) is 1. The Balaban J connectivity index is 1.27. The highest BCUT2D eigenvalue weighted by atomic mass is 19.1. The van der Waals surface area contributed by atoms with Gasteiger partial charge in [-0.25, -0.2) is 19.0 Å². The zero-order valence-corrected chi connectivity index (χ0v) is 21.5. The van der Waals surface area contributed by atoms with Gasteiger partial charge in [0.25, 0.3) is 0 Å². The maximum atomic E-state index is 14.2. The molecule has 3 aliphatic rings. The van der Waals surface area contributed by atoms with Crippen LogP contribution in [0.1, 0.15) is 35.7 Å². The van der Waals surface area contributed by atoms with Gasteiger partial charge in [-0.2, -0.15) is 5.10 Å². The SMILES string of the molecule is Cc1nc(N2CCO[C@H](CO)C2)cc(-n2ncc3cc(C)c(C4CCN(C5COCC5F)CC4)cc32)n1. The summed E-state index contributed by atoms with van der Waals surface area (Å²) in [6.07, 6.45) is 2.81. The van der Waals surface area contributed by atoms with Crippen molar-refractivity contribution < 1.29 is 19.0 Å². The van der Waals surface area contributed by atoms with Gasteiger partial charge in [-0.05, 0) is 69.0 Å². The molecule has 3 aliphatic heterocycles. The topological polar surface area (TPSA) is 88.8 Å². The molecule has 2 unspecified atom stereocenters. The van der Waals surface area contributed by atoms with E-state index in [9.17, 15) is 9.50 Å². The zero-order valence-electron chi connectivity index (χ0n) is 21.5. The first-order chi connectivity index (χ1) is 18.0. The summed E-state index contributed by atoms with van der Waals surface area (Å²) in [7, 11) is 0. The van der Waals surface area contributed by atoms with Crippen LogP contribution in [0.3, 0.4) is 0 Å². The normalized spacial score (nSPS) is 25.8. The van der Waals surface area contributed by atoms with Crippen molar-refractivity contribution in [2.45, 2.75) is 50.9 Å². The van der Waals surface area contributed by atoms with E-state index >= 15 is 0 Å². The molecule has 0 aliphatic carbocycles. The highest BCUT2D eigenvalue weighted by Gasteiger charge is 2.35. The molecular formula is C27H35FN6O3. The summed E-state index contributed by atoms with van der Waals surface area (Å²) in [5, 5.41) is 15.3. The van der Waals surface area contributed by atoms with Gasteiger partial charge >= 0.3 is 0 Å². The van der Waals surface area contributed by atoms with Crippen LogP contribution >= 0.6 is 0 Å². The molecule has 0 spiro atoms. The summed E-state index contributed by atoms with van der Waals surface area (Å²) in [5.41, 5.74) is 3.62. The molecule has 0 amide bonds. The summed E-state index contributed by atoms with van der Waals surface area (Å²) in [6, 6.07) is 6.35. The molecule has 1 aromatic carbocycles. The van der Waals surface area contributed by atoms with Crippen molar-refractivity contribution >= 4 is 16.7 Å². The second-order valence-corrected chi connectivity index (χ2v) is 10.5. The largest absolute Gasteiger partial charge is 0.394 e. The minimum atomic E-state index is -0.878. The van der Waals surface area contributed by atoms with Crippen molar-refractivity contribution in [1.29, 1.82) is 0 Å². The van der Waals surface area contributed by atoms with Gasteiger partial charge in [-0.15, -0.1) is 0 Å². The van der Waals surface area contributed by atoms with Gasteiger partial charge < -0.3 is 19.5 Å².